The monoisotopic (exact) mass is 290 g/mol. The van der Waals surface area contributed by atoms with E-state index in [1.165, 1.54) is 24.3 Å². The third-order valence-corrected chi connectivity index (χ3v) is 2.93. The predicted octanol–water partition coefficient (Wildman–Crippen LogP) is 2.74. The average Bonchev–Trinajstić information content (AvgIpc) is 2.47. The molecule has 2 N–H and O–H groups in total. The molecule has 0 saturated carbocycles. The van der Waals surface area contributed by atoms with E-state index >= 15 is 0 Å². The SMILES string of the molecule is O=C(CNc1cccc(F)c1)NCCc1ccc(F)cc1. The number of nitrogens with one attached hydrogen (secondary N) is 2. The molecule has 0 heterocycles. The summed E-state index contributed by atoms with van der Waals surface area (Å²) in [7, 11) is 0. The van der Waals surface area contributed by atoms with Crippen molar-refractivity contribution in [2.45, 2.75) is 6.42 Å². The molecule has 2 aromatic rings. The van der Waals surface area contributed by atoms with Crippen molar-refractivity contribution in [3.63, 3.8) is 0 Å². The molecule has 0 saturated heterocycles. The molecule has 0 atom stereocenters. The van der Waals surface area contributed by atoms with Crippen molar-refractivity contribution in [2.75, 3.05) is 18.4 Å². The highest BCUT2D eigenvalue weighted by molar-refractivity contribution is 5.80. The van der Waals surface area contributed by atoms with Gasteiger partial charge in [0, 0.05) is 12.2 Å². The predicted molar refractivity (Wildman–Crippen MR) is 78.0 cm³/mol. The third kappa shape index (κ3) is 5.22. The summed E-state index contributed by atoms with van der Waals surface area (Å²) in [5.41, 5.74) is 1.51. The van der Waals surface area contributed by atoms with Crippen LogP contribution in [0.25, 0.3) is 0 Å². The minimum atomic E-state index is -0.350. The van der Waals surface area contributed by atoms with Gasteiger partial charge in [0.1, 0.15) is 11.6 Å². The minimum Gasteiger partial charge on any atom is -0.376 e. The topological polar surface area (TPSA) is 41.1 Å². The van der Waals surface area contributed by atoms with Crippen LogP contribution >= 0.6 is 0 Å². The Balaban J connectivity index is 1.69. The molecule has 0 aliphatic heterocycles. The Morgan fingerprint density at radius 3 is 2.48 bits per heavy atom. The van der Waals surface area contributed by atoms with E-state index in [9.17, 15) is 13.6 Å². The van der Waals surface area contributed by atoms with Gasteiger partial charge in [-0.05, 0) is 42.3 Å². The Morgan fingerprint density at radius 1 is 1.00 bits per heavy atom. The van der Waals surface area contributed by atoms with Gasteiger partial charge < -0.3 is 10.6 Å². The van der Waals surface area contributed by atoms with Gasteiger partial charge in [0.25, 0.3) is 0 Å². The summed E-state index contributed by atoms with van der Waals surface area (Å²) in [6, 6.07) is 12.1. The van der Waals surface area contributed by atoms with Crippen LogP contribution in [-0.2, 0) is 11.2 Å². The normalized spacial score (nSPS) is 10.2. The lowest BCUT2D eigenvalue weighted by molar-refractivity contribution is -0.119. The van der Waals surface area contributed by atoms with Gasteiger partial charge in [0.2, 0.25) is 5.91 Å². The smallest absolute Gasteiger partial charge is 0.239 e. The maximum atomic E-state index is 12.9. The largest absolute Gasteiger partial charge is 0.376 e. The van der Waals surface area contributed by atoms with E-state index in [2.05, 4.69) is 10.6 Å². The van der Waals surface area contributed by atoms with E-state index in [1.54, 1.807) is 24.3 Å². The Bertz CT molecular complexity index is 599. The van der Waals surface area contributed by atoms with Crippen LogP contribution in [0, 0.1) is 11.6 Å². The molecule has 0 aromatic heterocycles. The quantitative estimate of drug-likeness (QED) is 0.859. The second-order valence-corrected chi connectivity index (χ2v) is 4.59. The van der Waals surface area contributed by atoms with Gasteiger partial charge >= 0.3 is 0 Å². The lowest BCUT2D eigenvalue weighted by atomic mass is 10.1. The van der Waals surface area contributed by atoms with E-state index < -0.39 is 0 Å². The summed E-state index contributed by atoms with van der Waals surface area (Å²) in [5.74, 6) is -0.805. The van der Waals surface area contributed by atoms with Gasteiger partial charge in [0.15, 0.2) is 0 Å². The summed E-state index contributed by atoms with van der Waals surface area (Å²) in [5, 5.41) is 5.58. The first-order chi connectivity index (χ1) is 10.1. The first-order valence-electron chi connectivity index (χ1n) is 6.64. The lowest BCUT2D eigenvalue weighted by Crippen LogP contribution is -2.31. The van der Waals surface area contributed by atoms with Crippen LogP contribution in [0.2, 0.25) is 0 Å². The molecule has 5 heteroatoms. The number of carbonyl (C=O) groups excluding carboxylic acids is 1. The van der Waals surface area contributed by atoms with Crippen LogP contribution < -0.4 is 10.6 Å². The van der Waals surface area contributed by atoms with Crippen LogP contribution in [0.4, 0.5) is 14.5 Å². The number of anilines is 1. The fraction of sp³-hybridized carbons (Fsp3) is 0.188. The van der Waals surface area contributed by atoms with Crippen molar-refractivity contribution in [2.24, 2.45) is 0 Å². The molecule has 2 aromatic carbocycles. The fourth-order valence-corrected chi connectivity index (χ4v) is 1.84. The Hall–Kier alpha value is -2.43. The second kappa shape index (κ2) is 7.38. The summed E-state index contributed by atoms with van der Waals surface area (Å²) >= 11 is 0. The fourth-order valence-electron chi connectivity index (χ4n) is 1.84. The first kappa shape index (κ1) is 15.0. The molecular formula is C16H16F2N2O. The number of hydrogen-bond donors (Lipinski definition) is 2. The van der Waals surface area contributed by atoms with Gasteiger partial charge in [-0.2, -0.15) is 0 Å². The van der Waals surface area contributed by atoms with Crippen molar-refractivity contribution in [3.05, 3.63) is 65.7 Å². The molecule has 0 fully saturated rings. The number of hydrogen-bond acceptors (Lipinski definition) is 2. The molecule has 2 rings (SSSR count). The van der Waals surface area contributed by atoms with E-state index in [-0.39, 0.29) is 24.1 Å². The Labute approximate surface area is 122 Å². The molecule has 0 aliphatic carbocycles. The number of amides is 1. The van der Waals surface area contributed by atoms with Gasteiger partial charge in [0.05, 0.1) is 6.54 Å². The van der Waals surface area contributed by atoms with Gasteiger partial charge in [-0.3, -0.25) is 4.79 Å². The highest BCUT2D eigenvalue weighted by atomic mass is 19.1. The van der Waals surface area contributed by atoms with Crippen molar-refractivity contribution in [1.82, 2.24) is 5.32 Å². The molecule has 3 nitrogen and oxygen atoms in total. The second-order valence-electron chi connectivity index (χ2n) is 4.59. The molecule has 110 valence electrons. The zero-order valence-electron chi connectivity index (χ0n) is 11.4. The molecule has 0 spiro atoms. The number of halogens is 2. The maximum Gasteiger partial charge on any atom is 0.239 e. The summed E-state index contributed by atoms with van der Waals surface area (Å²) in [6.07, 6.45) is 0.631. The number of benzene rings is 2. The summed E-state index contributed by atoms with van der Waals surface area (Å²) in [4.78, 5) is 11.6. The zero-order valence-corrected chi connectivity index (χ0v) is 11.4. The summed E-state index contributed by atoms with van der Waals surface area (Å²) < 4.78 is 25.7. The van der Waals surface area contributed by atoms with Crippen molar-refractivity contribution >= 4 is 11.6 Å². The van der Waals surface area contributed by atoms with Gasteiger partial charge in [-0.15, -0.1) is 0 Å². The molecule has 21 heavy (non-hydrogen) atoms. The molecule has 0 unspecified atom stereocenters. The Kier molecular flexibility index (Phi) is 5.26. The third-order valence-electron chi connectivity index (χ3n) is 2.93. The Morgan fingerprint density at radius 2 is 1.76 bits per heavy atom. The van der Waals surface area contributed by atoms with Crippen LogP contribution in [-0.4, -0.2) is 19.0 Å². The minimum absolute atomic E-state index is 0.0763. The van der Waals surface area contributed by atoms with E-state index in [0.717, 1.165) is 5.56 Å². The molecule has 0 aliphatic rings. The molecule has 1 amide bonds. The first-order valence-corrected chi connectivity index (χ1v) is 6.64. The van der Waals surface area contributed by atoms with Crippen molar-refractivity contribution in [3.8, 4) is 0 Å². The number of carbonyl (C=O) groups is 1. The van der Waals surface area contributed by atoms with Crippen LogP contribution in [0.3, 0.4) is 0 Å². The lowest BCUT2D eigenvalue weighted by Gasteiger charge is -2.08. The van der Waals surface area contributed by atoms with Crippen molar-refractivity contribution < 1.29 is 13.6 Å². The zero-order chi connectivity index (χ0) is 15.1. The van der Waals surface area contributed by atoms with E-state index in [0.29, 0.717) is 18.7 Å². The van der Waals surface area contributed by atoms with E-state index in [1.807, 2.05) is 0 Å². The molecular weight excluding hydrogens is 274 g/mol. The van der Waals surface area contributed by atoms with Gasteiger partial charge in [-0.1, -0.05) is 18.2 Å². The highest BCUT2D eigenvalue weighted by Crippen LogP contribution is 2.08. The van der Waals surface area contributed by atoms with Gasteiger partial charge in [-0.25, -0.2) is 8.78 Å². The van der Waals surface area contributed by atoms with Crippen LogP contribution in [0.1, 0.15) is 5.56 Å². The molecule has 0 radical (unpaired) electrons. The van der Waals surface area contributed by atoms with Crippen molar-refractivity contribution in [1.29, 1.82) is 0 Å². The maximum absolute atomic E-state index is 12.9. The number of rotatable bonds is 6. The average molecular weight is 290 g/mol. The standard InChI is InChI=1S/C16H16F2N2O/c17-13-6-4-12(5-7-13)8-9-19-16(21)11-20-15-3-1-2-14(18)10-15/h1-7,10,20H,8-9,11H2,(H,19,21). The molecule has 0 bridgehead atoms. The highest BCUT2D eigenvalue weighted by Gasteiger charge is 2.02. The van der Waals surface area contributed by atoms with Crippen LogP contribution in [0.5, 0.6) is 0 Å². The van der Waals surface area contributed by atoms with Crippen LogP contribution in [0.15, 0.2) is 48.5 Å². The van der Waals surface area contributed by atoms with E-state index in [4.69, 9.17) is 0 Å². The summed E-state index contributed by atoms with van der Waals surface area (Å²) in [6.45, 7) is 0.544.